The molecule has 0 atom stereocenters. The zero-order valence-electron chi connectivity index (χ0n) is 17.7. The highest BCUT2D eigenvalue weighted by Crippen LogP contribution is 2.25. The third-order valence-electron chi connectivity index (χ3n) is 4.49. The van der Waals surface area contributed by atoms with Gasteiger partial charge in [-0.2, -0.15) is 5.10 Å². The quantitative estimate of drug-likeness (QED) is 0.593. The SMILES string of the molecule is CC(C)NC(=O)CN(C)C(=O)/C=C/c1cn(-c2ccccc2)nc1-c1ccc(F)cc1. The van der Waals surface area contributed by atoms with Crippen LogP contribution < -0.4 is 5.32 Å². The van der Waals surface area contributed by atoms with E-state index in [1.165, 1.54) is 23.1 Å². The molecule has 0 aliphatic heterocycles. The molecule has 0 bridgehead atoms. The Balaban J connectivity index is 1.86. The van der Waals surface area contributed by atoms with Gasteiger partial charge in [-0.1, -0.05) is 18.2 Å². The first-order valence-electron chi connectivity index (χ1n) is 9.97. The number of hydrogen-bond acceptors (Lipinski definition) is 3. The maximum Gasteiger partial charge on any atom is 0.246 e. The second kappa shape index (κ2) is 9.84. The molecule has 7 heteroatoms. The van der Waals surface area contributed by atoms with Crippen LogP contribution in [0.5, 0.6) is 0 Å². The highest BCUT2D eigenvalue weighted by molar-refractivity contribution is 5.95. The van der Waals surface area contributed by atoms with E-state index in [2.05, 4.69) is 10.4 Å². The van der Waals surface area contributed by atoms with E-state index in [1.807, 2.05) is 50.4 Å². The average molecular weight is 420 g/mol. The third kappa shape index (κ3) is 5.88. The Morgan fingerprint density at radius 2 is 1.81 bits per heavy atom. The molecular weight excluding hydrogens is 395 g/mol. The molecule has 1 aromatic heterocycles. The van der Waals surface area contributed by atoms with Crippen molar-refractivity contribution in [1.29, 1.82) is 0 Å². The van der Waals surface area contributed by atoms with Gasteiger partial charge in [0.05, 0.1) is 17.9 Å². The molecule has 3 rings (SSSR count). The Morgan fingerprint density at radius 3 is 2.45 bits per heavy atom. The molecule has 160 valence electrons. The summed E-state index contributed by atoms with van der Waals surface area (Å²) in [5.74, 6) is -0.862. The lowest BCUT2D eigenvalue weighted by Crippen LogP contribution is -2.40. The number of benzene rings is 2. The molecule has 2 aromatic carbocycles. The average Bonchev–Trinajstić information content (AvgIpc) is 3.16. The fourth-order valence-electron chi connectivity index (χ4n) is 3.00. The van der Waals surface area contributed by atoms with Gasteiger partial charge >= 0.3 is 0 Å². The van der Waals surface area contributed by atoms with E-state index in [4.69, 9.17) is 0 Å². The van der Waals surface area contributed by atoms with Crippen molar-refractivity contribution >= 4 is 17.9 Å². The number of nitrogens with zero attached hydrogens (tertiary/aromatic N) is 3. The molecule has 31 heavy (non-hydrogen) atoms. The van der Waals surface area contributed by atoms with E-state index < -0.39 is 0 Å². The number of aromatic nitrogens is 2. The second-order valence-electron chi connectivity index (χ2n) is 7.47. The maximum absolute atomic E-state index is 13.4. The molecule has 0 saturated carbocycles. The number of para-hydroxylation sites is 1. The largest absolute Gasteiger partial charge is 0.352 e. The molecule has 1 heterocycles. The van der Waals surface area contributed by atoms with Gasteiger partial charge in [-0.05, 0) is 56.3 Å². The van der Waals surface area contributed by atoms with E-state index >= 15 is 0 Å². The number of hydrogen-bond donors (Lipinski definition) is 1. The van der Waals surface area contributed by atoms with E-state index in [-0.39, 0.29) is 30.2 Å². The minimum Gasteiger partial charge on any atom is -0.352 e. The summed E-state index contributed by atoms with van der Waals surface area (Å²) in [6, 6.07) is 15.6. The number of halogens is 1. The number of carbonyl (C=O) groups is 2. The zero-order chi connectivity index (χ0) is 22.4. The van der Waals surface area contributed by atoms with Gasteiger partial charge in [0.2, 0.25) is 11.8 Å². The van der Waals surface area contributed by atoms with Crippen LogP contribution in [0.15, 0.2) is 66.9 Å². The Bertz CT molecular complexity index is 1070. The summed E-state index contributed by atoms with van der Waals surface area (Å²) in [7, 11) is 1.57. The van der Waals surface area contributed by atoms with Crippen molar-refractivity contribution in [3.8, 4) is 16.9 Å². The van der Waals surface area contributed by atoms with Crippen molar-refractivity contribution < 1.29 is 14.0 Å². The first kappa shape index (κ1) is 22.0. The minimum atomic E-state index is -0.334. The summed E-state index contributed by atoms with van der Waals surface area (Å²) in [5, 5.41) is 7.40. The molecule has 0 fully saturated rings. The Kier molecular flexibility index (Phi) is 6.97. The number of likely N-dealkylation sites (N-methyl/N-ethyl adjacent to an activating group) is 1. The van der Waals surface area contributed by atoms with Crippen LogP contribution >= 0.6 is 0 Å². The minimum absolute atomic E-state index is 0.00800. The summed E-state index contributed by atoms with van der Waals surface area (Å²) in [5.41, 5.74) is 2.91. The lowest BCUT2D eigenvalue weighted by molar-refractivity contribution is -0.131. The lowest BCUT2D eigenvalue weighted by Gasteiger charge is -2.16. The van der Waals surface area contributed by atoms with Crippen molar-refractivity contribution in [3.05, 3.63) is 78.3 Å². The molecule has 6 nitrogen and oxygen atoms in total. The monoisotopic (exact) mass is 420 g/mol. The van der Waals surface area contributed by atoms with Crippen LogP contribution in [0.3, 0.4) is 0 Å². The molecule has 0 saturated heterocycles. The van der Waals surface area contributed by atoms with E-state index in [9.17, 15) is 14.0 Å². The van der Waals surface area contributed by atoms with Crippen molar-refractivity contribution in [1.82, 2.24) is 20.0 Å². The van der Waals surface area contributed by atoms with Gasteiger partial charge in [0.25, 0.3) is 0 Å². The van der Waals surface area contributed by atoms with Gasteiger partial charge in [-0.15, -0.1) is 0 Å². The van der Waals surface area contributed by atoms with Crippen molar-refractivity contribution in [2.45, 2.75) is 19.9 Å². The Labute approximate surface area is 181 Å². The smallest absolute Gasteiger partial charge is 0.246 e. The summed E-state index contributed by atoms with van der Waals surface area (Å²) < 4.78 is 15.1. The summed E-state index contributed by atoms with van der Waals surface area (Å²) in [6.07, 6.45) is 4.87. The van der Waals surface area contributed by atoms with Crippen molar-refractivity contribution in [3.63, 3.8) is 0 Å². The normalized spacial score (nSPS) is 11.1. The predicted octanol–water partition coefficient (Wildman–Crippen LogP) is 3.67. The van der Waals surface area contributed by atoms with E-state index in [0.717, 1.165) is 11.3 Å². The van der Waals surface area contributed by atoms with Crippen molar-refractivity contribution in [2.24, 2.45) is 0 Å². The molecular formula is C24H25FN4O2. The fourth-order valence-corrected chi connectivity index (χ4v) is 3.00. The molecule has 2 amide bonds. The van der Waals surface area contributed by atoms with E-state index in [0.29, 0.717) is 11.3 Å². The van der Waals surface area contributed by atoms with Gasteiger partial charge in [-0.25, -0.2) is 9.07 Å². The Morgan fingerprint density at radius 1 is 1.13 bits per heavy atom. The molecule has 0 spiro atoms. The number of rotatable bonds is 7. The Hall–Kier alpha value is -3.74. The number of nitrogens with one attached hydrogen (secondary N) is 1. The van der Waals surface area contributed by atoms with Crippen LogP contribution in [-0.2, 0) is 9.59 Å². The highest BCUT2D eigenvalue weighted by Gasteiger charge is 2.14. The maximum atomic E-state index is 13.4. The van der Waals surface area contributed by atoms with Crippen LogP contribution in [-0.4, -0.2) is 46.1 Å². The highest BCUT2D eigenvalue weighted by atomic mass is 19.1. The molecule has 0 unspecified atom stereocenters. The summed E-state index contributed by atoms with van der Waals surface area (Å²) in [4.78, 5) is 25.7. The first-order valence-corrected chi connectivity index (χ1v) is 9.97. The molecule has 0 aliphatic rings. The van der Waals surface area contributed by atoms with Gasteiger partial charge in [-0.3, -0.25) is 9.59 Å². The molecule has 3 aromatic rings. The fraction of sp³-hybridized carbons (Fsp3) is 0.208. The van der Waals surface area contributed by atoms with Crippen LogP contribution in [0, 0.1) is 5.82 Å². The number of carbonyl (C=O) groups excluding carboxylic acids is 2. The van der Waals surface area contributed by atoms with Gasteiger partial charge in [0.15, 0.2) is 0 Å². The predicted molar refractivity (Wildman–Crippen MR) is 119 cm³/mol. The van der Waals surface area contributed by atoms with E-state index in [1.54, 1.807) is 29.9 Å². The summed E-state index contributed by atoms with van der Waals surface area (Å²) in [6.45, 7) is 3.69. The summed E-state index contributed by atoms with van der Waals surface area (Å²) >= 11 is 0. The third-order valence-corrected chi connectivity index (χ3v) is 4.49. The van der Waals surface area contributed by atoms with Crippen molar-refractivity contribution in [2.75, 3.05) is 13.6 Å². The second-order valence-corrected chi connectivity index (χ2v) is 7.47. The van der Waals surface area contributed by atoms with Crippen LogP contribution in [0.2, 0.25) is 0 Å². The molecule has 0 aliphatic carbocycles. The van der Waals surface area contributed by atoms with Crippen LogP contribution in [0.25, 0.3) is 23.0 Å². The zero-order valence-corrected chi connectivity index (χ0v) is 17.7. The molecule has 0 radical (unpaired) electrons. The standard InChI is InChI=1S/C24H25FN4O2/c1-17(2)26-22(30)16-28(3)23(31)14-11-19-15-29(21-7-5-4-6-8-21)27-24(19)18-9-12-20(25)13-10-18/h4-15,17H,16H2,1-3H3,(H,26,30)/b14-11+. The number of amides is 2. The van der Waals surface area contributed by atoms with Crippen LogP contribution in [0.1, 0.15) is 19.4 Å². The van der Waals surface area contributed by atoms with Gasteiger partial charge < -0.3 is 10.2 Å². The van der Waals surface area contributed by atoms with Crippen LogP contribution in [0.4, 0.5) is 4.39 Å². The topological polar surface area (TPSA) is 67.2 Å². The lowest BCUT2D eigenvalue weighted by atomic mass is 10.1. The first-order chi connectivity index (χ1) is 14.8. The molecule has 1 N–H and O–H groups in total. The van der Waals surface area contributed by atoms with Gasteiger partial charge in [0.1, 0.15) is 5.82 Å². The van der Waals surface area contributed by atoms with Gasteiger partial charge in [0, 0.05) is 36.5 Å².